The van der Waals surface area contributed by atoms with Crippen molar-refractivity contribution < 1.29 is 14.6 Å². The molecule has 1 unspecified atom stereocenters. The highest BCUT2D eigenvalue weighted by Gasteiger charge is 2.00. The van der Waals surface area contributed by atoms with Gasteiger partial charge >= 0.3 is 5.97 Å². The minimum absolute atomic E-state index is 0.223. The Labute approximate surface area is 79.3 Å². The number of aliphatic hydroxyl groups is 1. The first kappa shape index (κ1) is 12.4. The lowest BCUT2D eigenvalue weighted by molar-refractivity contribution is -0.141. The fourth-order valence-corrected chi connectivity index (χ4v) is 0.925. The zero-order valence-electron chi connectivity index (χ0n) is 8.38. The third-order valence-corrected chi connectivity index (χ3v) is 1.55. The Bertz CT molecular complexity index is 137. The summed E-state index contributed by atoms with van der Waals surface area (Å²) in [5.74, 6) is -0.223. The SMILES string of the molecule is CCOC(=O)CNCCCC(C)O. The molecule has 0 aromatic rings. The highest BCUT2D eigenvalue weighted by Crippen LogP contribution is 1.92. The fourth-order valence-electron chi connectivity index (χ4n) is 0.925. The van der Waals surface area contributed by atoms with Gasteiger partial charge in [-0.3, -0.25) is 4.79 Å². The summed E-state index contributed by atoms with van der Waals surface area (Å²) in [7, 11) is 0. The number of hydrogen-bond donors (Lipinski definition) is 2. The number of rotatable bonds is 7. The van der Waals surface area contributed by atoms with Crippen LogP contribution in [-0.4, -0.2) is 36.9 Å². The van der Waals surface area contributed by atoms with Crippen molar-refractivity contribution in [3.8, 4) is 0 Å². The van der Waals surface area contributed by atoms with Crippen LogP contribution in [0, 0.1) is 0 Å². The summed E-state index contributed by atoms with van der Waals surface area (Å²) in [6.45, 7) is 4.96. The van der Waals surface area contributed by atoms with Gasteiger partial charge in [-0.2, -0.15) is 0 Å². The van der Waals surface area contributed by atoms with Gasteiger partial charge in [0.25, 0.3) is 0 Å². The average molecular weight is 189 g/mol. The number of ether oxygens (including phenoxy) is 1. The second-order valence-corrected chi connectivity index (χ2v) is 2.97. The van der Waals surface area contributed by atoms with Crippen LogP contribution in [0.25, 0.3) is 0 Å². The lowest BCUT2D eigenvalue weighted by Crippen LogP contribution is -2.26. The van der Waals surface area contributed by atoms with E-state index in [0.717, 1.165) is 19.4 Å². The molecule has 2 N–H and O–H groups in total. The Balaban J connectivity index is 3.11. The van der Waals surface area contributed by atoms with E-state index >= 15 is 0 Å². The van der Waals surface area contributed by atoms with E-state index in [1.807, 2.05) is 0 Å². The minimum Gasteiger partial charge on any atom is -0.465 e. The largest absolute Gasteiger partial charge is 0.465 e. The highest BCUT2D eigenvalue weighted by atomic mass is 16.5. The lowest BCUT2D eigenvalue weighted by Gasteiger charge is -2.05. The molecule has 13 heavy (non-hydrogen) atoms. The molecule has 1 atom stereocenters. The molecule has 0 radical (unpaired) electrons. The van der Waals surface area contributed by atoms with Gasteiger partial charge in [-0.25, -0.2) is 0 Å². The Hall–Kier alpha value is -0.610. The van der Waals surface area contributed by atoms with Gasteiger partial charge in [0.1, 0.15) is 0 Å². The topological polar surface area (TPSA) is 58.6 Å². The van der Waals surface area contributed by atoms with Crippen LogP contribution in [0.5, 0.6) is 0 Å². The van der Waals surface area contributed by atoms with Crippen molar-refractivity contribution in [1.82, 2.24) is 5.32 Å². The van der Waals surface area contributed by atoms with Crippen LogP contribution in [0.3, 0.4) is 0 Å². The summed E-state index contributed by atoms with van der Waals surface area (Å²) in [5.41, 5.74) is 0. The maximum Gasteiger partial charge on any atom is 0.319 e. The third-order valence-electron chi connectivity index (χ3n) is 1.55. The second kappa shape index (κ2) is 8.01. The average Bonchev–Trinajstić information content (AvgIpc) is 2.03. The molecule has 0 aromatic carbocycles. The van der Waals surface area contributed by atoms with Crippen molar-refractivity contribution >= 4 is 5.97 Å². The van der Waals surface area contributed by atoms with Crippen molar-refractivity contribution in [1.29, 1.82) is 0 Å². The molecule has 0 bridgehead atoms. The predicted molar refractivity (Wildman–Crippen MR) is 50.4 cm³/mol. The number of carbonyl (C=O) groups is 1. The summed E-state index contributed by atoms with van der Waals surface area (Å²) in [6.07, 6.45) is 1.37. The first-order valence-electron chi connectivity index (χ1n) is 4.71. The molecule has 0 aliphatic heterocycles. The van der Waals surface area contributed by atoms with Gasteiger partial charge in [0.2, 0.25) is 0 Å². The Kier molecular flexibility index (Phi) is 7.63. The normalized spacial score (nSPS) is 12.5. The summed E-state index contributed by atoms with van der Waals surface area (Å²) >= 11 is 0. The van der Waals surface area contributed by atoms with E-state index in [9.17, 15) is 4.79 Å². The third kappa shape index (κ3) is 9.30. The zero-order chi connectivity index (χ0) is 10.1. The van der Waals surface area contributed by atoms with E-state index < -0.39 is 0 Å². The number of aliphatic hydroxyl groups excluding tert-OH is 1. The standard InChI is InChI=1S/C9H19NO3/c1-3-13-9(12)7-10-6-4-5-8(2)11/h8,10-11H,3-7H2,1-2H3. The molecule has 0 saturated heterocycles. The molecule has 78 valence electrons. The van der Waals surface area contributed by atoms with Gasteiger partial charge in [0.15, 0.2) is 0 Å². The van der Waals surface area contributed by atoms with Crippen molar-refractivity contribution in [2.24, 2.45) is 0 Å². The van der Waals surface area contributed by atoms with Crippen LogP contribution < -0.4 is 5.32 Å². The van der Waals surface area contributed by atoms with Gasteiger partial charge in [0, 0.05) is 0 Å². The van der Waals surface area contributed by atoms with E-state index in [4.69, 9.17) is 9.84 Å². The lowest BCUT2D eigenvalue weighted by atomic mass is 10.2. The van der Waals surface area contributed by atoms with E-state index in [1.165, 1.54) is 0 Å². The first-order chi connectivity index (χ1) is 6.16. The van der Waals surface area contributed by atoms with E-state index in [-0.39, 0.29) is 18.6 Å². The summed E-state index contributed by atoms with van der Waals surface area (Å²) < 4.78 is 4.72. The first-order valence-corrected chi connectivity index (χ1v) is 4.71. The fraction of sp³-hybridized carbons (Fsp3) is 0.889. The van der Waals surface area contributed by atoms with Gasteiger partial charge in [-0.1, -0.05) is 0 Å². The van der Waals surface area contributed by atoms with Crippen molar-refractivity contribution in [3.63, 3.8) is 0 Å². The smallest absolute Gasteiger partial charge is 0.319 e. The van der Waals surface area contributed by atoms with Crippen molar-refractivity contribution in [2.45, 2.75) is 32.8 Å². The molecule has 0 spiro atoms. The number of nitrogens with one attached hydrogen (secondary N) is 1. The van der Waals surface area contributed by atoms with Crippen LogP contribution in [0.2, 0.25) is 0 Å². The summed E-state index contributed by atoms with van der Waals surface area (Å²) in [5, 5.41) is 11.9. The van der Waals surface area contributed by atoms with Crippen molar-refractivity contribution in [3.05, 3.63) is 0 Å². The van der Waals surface area contributed by atoms with E-state index in [2.05, 4.69) is 5.32 Å². The highest BCUT2D eigenvalue weighted by molar-refractivity contribution is 5.71. The maximum absolute atomic E-state index is 10.8. The molecular weight excluding hydrogens is 170 g/mol. The molecular formula is C9H19NO3. The van der Waals surface area contributed by atoms with E-state index in [1.54, 1.807) is 13.8 Å². The Morgan fingerprint density at radius 2 is 2.31 bits per heavy atom. The van der Waals surface area contributed by atoms with Gasteiger partial charge in [-0.15, -0.1) is 0 Å². The molecule has 0 amide bonds. The minimum atomic E-state index is -0.260. The molecule has 0 fully saturated rings. The van der Waals surface area contributed by atoms with Gasteiger partial charge < -0.3 is 15.2 Å². The van der Waals surface area contributed by atoms with Crippen LogP contribution in [0.1, 0.15) is 26.7 Å². The molecule has 0 saturated carbocycles. The molecule has 4 nitrogen and oxygen atoms in total. The van der Waals surface area contributed by atoms with E-state index in [0.29, 0.717) is 6.61 Å². The second-order valence-electron chi connectivity index (χ2n) is 2.97. The molecule has 0 rings (SSSR count). The number of hydrogen-bond acceptors (Lipinski definition) is 4. The maximum atomic E-state index is 10.8. The molecule has 0 aliphatic carbocycles. The Morgan fingerprint density at radius 3 is 2.85 bits per heavy atom. The zero-order valence-corrected chi connectivity index (χ0v) is 8.38. The molecule has 0 heterocycles. The quantitative estimate of drug-likeness (QED) is 0.447. The van der Waals surface area contributed by atoms with Gasteiger partial charge in [-0.05, 0) is 33.2 Å². The molecule has 4 heteroatoms. The van der Waals surface area contributed by atoms with Crippen molar-refractivity contribution in [2.75, 3.05) is 19.7 Å². The number of esters is 1. The van der Waals surface area contributed by atoms with Crippen LogP contribution in [-0.2, 0) is 9.53 Å². The molecule has 0 aromatic heterocycles. The summed E-state index contributed by atoms with van der Waals surface area (Å²) in [4.78, 5) is 10.8. The van der Waals surface area contributed by atoms with Gasteiger partial charge in [0.05, 0.1) is 19.3 Å². The Morgan fingerprint density at radius 1 is 1.62 bits per heavy atom. The summed E-state index contributed by atoms with van der Waals surface area (Å²) in [6, 6.07) is 0. The van der Waals surface area contributed by atoms with Crippen LogP contribution in [0.4, 0.5) is 0 Å². The predicted octanol–water partition coefficient (Wildman–Crippen LogP) is 0.300. The molecule has 0 aliphatic rings. The van der Waals surface area contributed by atoms with Crippen LogP contribution in [0.15, 0.2) is 0 Å². The number of carbonyl (C=O) groups excluding carboxylic acids is 1. The monoisotopic (exact) mass is 189 g/mol. The van der Waals surface area contributed by atoms with Crippen LogP contribution >= 0.6 is 0 Å².